The number of rotatable bonds is 4. The van der Waals surface area contributed by atoms with Crippen molar-refractivity contribution in [1.29, 1.82) is 0 Å². The molecule has 136 valence electrons. The van der Waals surface area contributed by atoms with Crippen LogP contribution < -0.4 is 9.47 Å². The Bertz CT molecular complexity index is 890. The minimum atomic E-state index is 0.125. The number of fused-ring (bicyclic) bond motifs is 2. The van der Waals surface area contributed by atoms with E-state index in [2.05, 4.69) is 11.5 Å². The number of phenolic OH excluding ortho intramolecular Hbond substituents is 2. The van der Waals surface area contributed by atoms with E-state index >= 15 is 0 Å². The van der Waals surface area contributed by atoms with Gasteiger partial charge in [0.05, 0.1) is 14.2 Å². The predicted octanol–water partition coefficient (Wildman–Crippen LogP) is 3.42. The first-order chi connectivity index (χ1) is 12.6. The van der Waals surface area contributed by atoms with Gasteiger partial charge in [-0.15, -0.1) is 6.58 Å². The molecule has 1 heterocycles. The SMILES string of the molecule is C=CCN1CCc2cc(O)c(OC)c3c2C1Cc1cc(O)c(OC)cc1-3. The van der Waals surface area contributed by atoms with Gasteiger partial charge in [0.2, 0.25) is 0 Å². The second kappa shape index (κ2) is 6.25. The van der Waals surface area contributed by atoms with E-state index in [0.717, 1.165) is 48.2 Å². The standard InChI is InChI=1S/C21H23NO4/c1-4-6-22-7-5-12-9-17(24)21(26-3)20-14-11-18(25-2)16(23)10-13(14)8-15(22)19(12)20/h4,9-11,15,23-24H,1,5-8H2,2-3H3. The van der Waals surface area contributed by atoms with Crippen LogP contribution in [-0.2, 0) is 12.8 Å². The Morgan fingerprint density at radius 2 is 1.92 bits per heavy atom. The average molecular weight is 353 g/mol. The minimum Gasteiger partial charge on any atom is -0.504 e. The Kier molecular flexibility index (Phi) is 4.04. The van der Waals surface area contributed by atoms with E-state index in [0.29, 0.717) is 11.5 Å². The number of phenols is 2. The van der Waals surface area contributed by atoms with E-state index in [1.54, 1.807) is 13.2 Å². The van der Waals surface area contributed by atoms with Crippen LogP contribution in [-0.4, -0.2) is 42.4 Å². The summed E-state index contributed by atoms with van der Waals surface area (Å²) < 4.78 is 10.9. The molecule has 2 N–H and O–H groups in total. The van der Waals surface area contributed by atoms with Crippen LogP contribution in [0.4, 0.5) is 0 Å². The van der Waals surface area contributed by atoms with Crippen molar-refractivity contribution in [2.45, 2.75) is 18.9 Å². The molecule has 1 unspecified atom stereocenters. The molecule has 0 saturated heterocycles. The number of hydrogen-bond donors (Lipinski definition) is 2. The molecule has 0 bridgehead atoms. The summed E-state index contributed by atoms with van der Waals surface area (Å²) in [6.07, 6.45) is 3.58. The van der Waals surface area contributed by atoms with Crippen molar-refractivity contribution in [3.05, 3.63) is 47.5 Å². The van der Waals surface area contributed by atoms with Gasteiger partial charge in [-0.2, -0.15) is 0 Å². The molecule has 1 aliphatic carbocycles. The first kappa shape index (κ1) is 16.8. The summed E-state index contributed by atoms with van der Waals surface area (Å²) >= 11 is 0. The van der Waals surface area contributed by atoms with Gasteiger partial charge < -0.3 is 19.7 Å². The highest BCUT2D eigenvalue weighted by molar-refractivity contribution is 5.84. The van der Waals surface area contributed by atoms with Crippen molar-refractivity contribution in [3.63, 3.8) is 0 Å². The average Bonchev–Trinajstić information content (AvgIpc) is 2.63. The van der Waals surface area contributed by atoms with E-state index in [4.69, 9.17) is 9.47 Å². The summed E-state index contributed by atoms with van der Waals surface area (Å²) in [4.78, 5) is 2.39. The number of nitrogens with zero attached hydrogens (tertiary/aromatic N) is 1. The third-order valence-electron chi connectivity index (χ3n) is 5.48. The van der Waals surface area contributed by atoms with Gasteiger partial charge in [-0.3, -0.25) is 4.90 Å². The molecule has 0 spiro atoms. The summed E-state index contributed by atoms with van der Waals surface area (Å²) in [6, 6.07) is 5.60. The normalized spacial score (nSPS) is 18.0. The largest absolute Gasteiger partial charge is 0.504 e. The topological polar surface area (TPSA) is 62.2 Å². The zero-order valence-corrected chi connectivity index (χ0v) is 15.1. The molecule has 2 aliphatic rings. The zero-order valence-electron chi connectivity index (χ0n) is 15.1. The Hall–Kier alpha value is -2.66. The summed E-state index contributed by atoms with van der Waals surface area (Å²) in [6.45, 7) is 5.59. The van der Waals surface area contributed by atoms with Gasteiger partial charge >= 0.3 is 0 Å². The van der Waals surface area contributed by atoms with Crippen LogP contribution in [0.3, 0.4) is 0 Å². The van der Waals surface area contributed by atoms with Crippen molar-refractivity contribution in [2.24, 2.45) is 0 Å². The third kappa shape index (κ3) is 2.35. The van der Waals surface area contributed by atoms with Crippen molar-refractivity contribution >= 4 is 0 Å². The molecule has 2 aromatic carbocycles. The lowest BCUT2D eigenvalue weighted by atomic mass is 9.76. The van der Waals surface area contributed by atoms with Crippen LogP contribution >= 0.6 is 0 Å². The molecule has 5 heteroatoms. The van der Waals surface area contributed by atoms with Gasteiger partial charge in [0.15, 0.2) is 23.0 Å². The van der Waals surface area contributed by atoms with Gasteiger partial charge in [0.25, 0.3) is 0 Å². The fraction of sp³-hybridized carbons (Fsp3) is 0.333. The molecule has 0 radical (unpaired) electrons. The van der Waals surface area contributed by atoms with Crippen molar-refractivity contribution in [1.82, 2.24) is 4.90 Å². The number of aromatic hydroxyl groups is 2. The van der Waals surface area contributed by atoms with Crippen LogP contribution in [0.1, 0.15) is 22.7 Å². The van der Waals surface area contributed by atoms with Crippen molar-refractivity contribution < 1.29 is 19.7 Å². The lowest BCUT2D eigenvalue weighted by Gasteiger charge is -2.42. The molecule has 1 aliphatic heterocycles. The first-order valence-corrected chi connectivity index (χ1v) is 8.77. The second-order valence-corrected chi connectivity index (χ2v) is 6.81. The second-order valence-electron chi connectivity index (χ2n) is 6.81. The summed E-state index contributed by atoms with van der Waals surface area (Å²) in [5, 5.41) is 20.8. The molecule has 26 heavy (non-hydrogen) atoms. The maximum atomic E-state index is 10.5. The van der Waals surface area contributed by atoms with Gasteiger partial charge in [-0.1, -0.05) is 6.08 Å². The van der Waals surface area contributed by atoms with Gasteiger partial charge in [-0.05, 0) is 53.3 Å². The van der Waals surface area contributed by atoms with E-state index in [1.807, 2.05) is 18.2 Å². The third-order valence-corrected chi connectivity index (χ3v) is 5.48. The monoisotopic (exact) mass is 353 g/mol. The lowest BCUT2D eigenvalue weighted by Crippen LogP contribution is -2.38. The highest BCUT2D eigenvalue weighted by atomic mass is 16.5. The molecule has 1 atom stereocenters. The maximum Gasteiger partial charge on any atom is 0.168 e. The fourth-order valence-electron chi connectivity index (χ4n) is 4.38. The van der Waals surface area contributed by atoms with Crippen molar-refractivity contribution in [2.75, 3.05) is 27.3 Å². The Morgan fingerprint density at radius 1 is 1.15 bits per heavy atom. The van der Waals surface area contributed by atoms with Crippen molar-refractivity contribution in [3.8, 4) is 34.1 Å². The van der Waals surface area contributed by atoms with Crippen LogP contribution in [0.15, 0.2) is 30.9 Å². The minimum absolute atomic E-state index is 0.125. The highest BCUT2D eigenvalue weighted by Crippen LogP contribution is 2.53. The number of methoxy groups -OCH3 is 2. The molecular weight excluding hydrogens is 330 g/mol. The van der Waals surface area contributed by atoms with E-state index < -0.39 is 0 Å². The molecule has 0 amide bonds. The van der Waals surface area contributed by atoms with E-state index in [1.165, 1.54) is 12.7 Å². The van der Waals surface area contributed by atoms with Crippen LogP contribution in [0.2, 0.25) is 0 Å². The number of ether oxygens (including phenoxy) is 2. The smallest absolute Gasteiger partial charge is 0.168 e. The molecule has 4 rings (SSSR count). The summed E-state index contributed by atoms with van der Waals surface area (Å²) in [5.41, 5.74) is 5.22. The van der Waals surface area contributed by atoms with Crippen LogP contribution in [0, 0.1) is 0 Å². The lowest BCUT2D eigenvalue weighted by molar-refractivity contribution is 0.202. The fourth-order valence-corrected chi connectivity index (χ4v) is 4.38. The molecule has 5 nitrogen and oxygen atoms in total. The molecule has 0 aromatic heterocycles. The number of hydrogen-bond acceptors (Lipinski definition) is 5. The van der Waals surface area contributed by atoms with Gasteiger partial charge in [0, 0.05) is 24.7 Å². The number of benzene rings is 2. The van der Waals surface area contributed by atoms with Gasteiger partial charge in [-0.25, -0.2) is 0 Å². The Labute approximate surface area is 153 Å². The van der Waals surface area contributed by atoms with E-state index in [-0.39, 0.29) is 17.5 Å². The predicted molar refractivity (Wildman–Crippen MR) is 100 cm³/mol. The van der Waals surface area contributed by atoms with E-state index in [9.17, 15) is 10.2 Å². The molecule has 0 fully saturated rings. The van der Waals surface area contributed by atoms with Gasteiger partial charge in [0.1, 0.15) is 0 Å². The zero-order chi connectivity index (χ0) is 18.4. The summed E-state index contributed by atoms with van der Waals surface area (Å²) in [7, 11) is 3.11. The molecule has 2 aromatic rings. The quantitative estimate of drug-likeness (QED) is 0.825. The van der Waals surface area contributed by atoms with Crippen LogP contribution in [0.25, 0.3) is 11.1 Å². The highest BCUT2D eigenvalue weighted by Gasteiger charge is 2.37. The first-order valence-electron chi connectivity index (χ1n) is 8.77. The molecule has 0 saturated carbocycles. The Balaban J connectivity index is 2.03. The summed E-state index contributed by atoms with van der Waals surface area (Å²) in [5.74, 6) is 1.17. The Morgan fingerprint density at radius 3 is 2.62 bits per heavy atom. The van der Waals surface area contributed by atoms with Crippen LogP contribution in [0.5, 0.6) is 23.0 Å². The maximum absolute atomic E-state index is 10.5. The molecular formula is C21H23NO4.